The van der Waals surface area contributed by atoms with E-state index in [9.17, 15) is 9.59 Å². The molecule has 0 N–H and O–H groups in total. The molecule has 1 aliphatic heterocycles. The summed E-state index contributed by atoms with van der Waals surface area (Å²) < 4.78 is 9.88. The molecule has 2 atom stereocenters. The van der Waals surface area contributed by atoms with E-state index in [1.165, 1.54) is 7.11 Å². The maximum absolute atomic E-state index is 12.0. The van der Waals surface area contributed by atoms with E-state index in [-0.39, 0.29) is 17.6 Å². The SMILES string of the molecule is COC(=O)C(C(=O)CC1CCOC1)C(C)C. The van der Waals surface area contributed by atoms with E-state index < -0.39 is 11.9 Å². The minimum absolute atomic E-state index is 0.0118. The summed E-state index contributed by atoms with van der Waals surface area (Å²) in [7, 11) is 1.32. The zero-order chi connectivity index (χ0) is 12.1. The van der Waals surface area contributed by atoms with Gasteiger partial charge in [0.25, 0.3) is 0 Å². The summed E-state index contributed by atoms with van der Waals surface area (Å²) in [5, 5.41) is 0. The number of rotatable bonds is 5. The quantitative estimate of drug-likeness (QED) is 0.527. The molecule has 1 aliphatic rings. The highest BCUT2D eigenvalue weighted by atomic mass is 16.5. The van der Waals surface area contributed by atoms with Crippen LogP contribution < -0.4 is 0 Å². The van der Waals surface area contributed by atoms with Crippen LogP contribution in [0.15, 0.2) is 0 Å². The number of carbonyl (C=O) groups is 2. The standard InChI is InChI=1S/C12H20O4/c1-8(2)11(12(14)15-3)10(13)6-9-4-5-16-7-9/h8-9,11H,4-7H2,1-3H3. The van der Waals surface area contributed by atoms with Gasteiger partial charge < -0.3 is 9.47 Å². The molecule has 1 fully saturated rings. The van der Waals surface area contributed by atoms with Crippen LogP contribution in [0.2, 0.25) is 0 Å². The van der Waals surface area contributed by atoms with E-state index in [4.69, 9.17) is 4.74 Å². The van der Waals surface area contributed by atoms with Crippen molar-refractivity contribution in [3.05, 3.63) is 0 Å². The van der Waals surface area contributed by atoms with Crippen LogP contribution in [0.25, 0.3) is 0 Å². The van der Waals surface area contributed by atoms with Crippen molar-refractivity contribution in [1.29, 1.82) is 0 Å². The van der Waals surface area contributed by atoms with Gasteiger partial charge in [0, 0.05) is 19.6 Å². The molecule has 1 rings (SSSR count). The largest absolute Gasteiger partial charge is 0.468 e. The van der Waals surface area contributed by atoms with Gasteiger partial charge in [0.2, 0.25) is 0 Å². The lowest BCUT2D eigenvalue weighted by molar-refractivity contribution is -0.151. The van der Waals surface area contributed by atoms with Gasteiger partial charge in [0.05, 0.1) is 7.11 Å². The molecule has 1 heterocycles. The Morgan fingerprint density at radius 1 is 1.44 bits per heavy atom. The Balaban J connectivity index is 2.56. The molecule has 0 aliphatic carbocycles. The van der Waals surface area contributed by atoms with Crippen molar-refractivity contribution < 1.29 is 19.1 Å². The van der Waals surface area contributed by atoms with Gasteiger partial charge in [-0.05, 0) is 18.3 Å². The molecule has 4 nitrogen and oxygen atoms in total. The lowest BCUT2D eigenvalue weighted by Gasteiger charge is -2.18. The van der Waals surface area contributed by atoms with Crippen LogP contribution in [0.3, 0.4) is 0 Å². The van der Waals surface area contributed by atoms with Gasteiger partial charge in [-0.1, -0.05) is 13.8 Å². The molecule has 0 aromatic heterocycles. The Labute approximate surface area is 96.3 Å². The van der Waals surface area contributed by atoms with Gasteiger partial charge in [0.1, 0.15) is 11.7 Å². The van der Waals surface area contributed by atoms with Crippen LogP contribution in [-0.4, -0.2) is 32.1 Å². The van der Waals surface area contributed by atoms with Crippen LogP contribution in [0.1, 0.15) is 26.7 Å². The van der Waals surface area contributed by atoms with Gasteiger partial charge in [-0.25, -0.2) is 0 Å². The second-order valence-corrected chi connectivity index (χ2v) is 4.64. The molecule has 0 aromatic rings. The smallest absolute Gasteiger partial charge is 0.316 e. The van der Waals surface area contributed by atoms with Crippen molar-refractivity contribution in [3.8, 4) is 0 Å². The van der Waals surface area contributed by atoms with E-state index in [1.807, 2.05) is 13.8 Å². The predicted octanol–water partition coefficient (Wildman–Crippen LogP) is 1.43. The van der Waals surface area contributed by atoms with E-state index in [0.717, 1.165) is 13.0 Å². The molecule has 16 heavy (non-hydrogen) atoms. The highest BCUT2D eigenvalue weighted by molar-refractivity contribution is 5.99. The molecular weight excluding hydrogens is 208 g/mol. The van der Waals surface area contributed by atoms with E-state index in [1.54, 1.807) is 0 Å². The monoisotopic (exact) mass is 228 g/mol. The Morgan fingerprint density at radius 3 is 2.56 bits per heavy atom. The van der Waals surface area contributed by atoms with Gasteiger partial charge in [-0.2, -0.15) is 0 Å². The van der Waals surface area contributed by atoms with Crippen molar-refractivity contribution in [2.45, 2.75) is 26.7 Å². The summed E-state index contributed by atoms with van der Waals surface area (Å²) >= 11 is 0. The summed E-state index contributed by atoms with van der Waals surface area (Å²) in [5.74, 6) is -0.789. The van der Waals surface area contributed by atoms with Crippen molar-refractivity contribution in [2.75, 3.05) is 20.3 Å². The summed E-state index contributed by atoms with van der Waals surface area (Å²) in [6.45, 7) is 5.09. The molecular formula is C12H20O4. The number of ether oxygens (including phenoxy) is 2. The zero-order valence-electron chi connectivity index (χ0n) is 10.2. The van der Waals surface area contributed by atoms with Crippen LogP contribution in [0, 0.1) is 17.8 Å². The number of hydrogen-bond donors (Lipinski definition) is 0. The van der Waals surface area contributed by atoms with E-state index in [0.29, 0.717) is 13.0 Å². The average Bonchev–Trinajstić information content (AvgIpc) is 2.69. The first-order chi connectivity index (χ1) is 7.56. The van der Waals surface area contributed by atoms with Crippen LogP contribution in [0.4, 0.5) is 0 Å². The summed E-state index contributed by atoms with van der Waals surface area (Å²) in [4.78, 5) is 23.5. The minimum atomic E-state index is -0.620. The average molecular weight is 228 g/mol. The molecule has 0 saturated carbocycles. The molecule has 0 amide bonds. The summed E-state index contributed by atoms with van der Waals surface area (Å²) in [5.41, 5.74) is 0. The lowest BCUT2D eigenvalue weighted by Crippen LogP contribution is -2.31. The van der Waals surface area contributed by atoms with E-state index >= 15 is 0 Å². The highest BCUT2D eigenvalue weighted by Crippen LogP contribution is 2.22. The Kier molecular flexibility index (Phi) is 4.93. The molecule has 92 valence electrons. The number of hydrogen-bond acceptors (Lipinski definition) is 4. The second-order valence-electron chi connectivity index (χ2n) is 4.64. The van der Waals surface area contributed by atoms with Gasteiger partial charge in [-0.15, -0.1) is 0 Å². The molecule has 2 unspecified atom stereocenters. The van der Waals surface area contributed by atoms with Crippen molar-refractivity contribution >= 4 is 11.8 Å². The van der Waals surface area contributed by atoms with Crippen LogP contribution in [-0.2, 0) is 19.1 Å². The summed E-state index contributed by atoms with van der Waals surface area (Å²) in [6.07, 6.45) is 1.34. The highest BCUT2D eigenvalue weighted by Gasteiger charge is 2.32. The third kappa shape index (κ3) is 3.30. The fraction of sp³-hybridized carbons (Fsp3) is 0.833. The minimum Gasteiger partial charge on any atom is -0.468 e. The Morgan fingerprint density at radius 2 is 2.12 bits per heavy atom. The molecule has 1 saturated heterocycles. The maximum atomic E-state index is 12.0. The fourth-order valence-electron chi connectivity index (χ4n) is 2.06. The number of ketones is 1. The van der Waals surface area contributed by atoms with Gasteiger partial charge in [0.15, 0.2) is 0 Å². The third-order valence-electron chi connectivity index (χ3n) is 2.98. The molecule has 4 heteroatoms. The molecule has 0 radical (unpaired) electrons. The fourth-order valence-corrected chi connectivity index (χ4v) is 2.06. The molecule has 0 spiro atoms. The number of esters is 1. The first-order valence-electron chi connectivity index (χ1n) is 5.74. The first-order valence-corrected chi connectivity index (χ1v) is 5.74. The number of methoxy groups -OCH3 is 1. The maximum Gasteiger partial charge on any atom is 0.316 e. The van der Waals surface area contributed by atoms with Crippen LogP contribution >= 0.6 is 0 Å². The Hall–Kier alpha value is -0.900. The zero-order valence-corrected chi connectivity index (χ0v) is 10.2. The normalized spacial score (nSPS) is 22.1. The number of Topliss-reactive ketones (excluding diaryl/α,β-unsaturated/α-hetero) is 1. The number of carbonyl (C=O) groups excluding carboxylic acids is 2. The first kappa shape index (κ1) is 13.2. The Bertz CT molecular complexity index is 254. The lowest BCUT2D eigenvalue weighted by atomic mass is 9.86. The van der Waals surface area contributed by atoms with Crippen molar-refractivity contribution in [1.82, 2.24) is 0 Å². The third-order valence-corrected chi connectivity index (χ3v) is 2.98. The second kappa shape index (κ2) is 5.99. The summed E-state index contributed by atoms with van der Waals surface area (Å²) in [6, 6.07) is 0. The van der Waals surface area contributed by atoms with Crippen LogP contribution in [0.5, 0.6) is 0 Å². The van der Waals surface area contributed by atoms with Gasteiger partial charge in [-0.3, -0.25) is 9.59 Å². The van der Waals surface area contributed by atoms with Crippen molar-refractivity contribution in [2.24, 2.45) is 17.8 Å². The predicted molar refractivity (Wildman–Crippen MR) is 58.9 cm³/mol. The molecule has 0 aromatic carbocycles. The van der Waals surface area contributed by atoms with Gasteiger partial charge >= 0.3 is 5.97 Å². The van der Waals surface area contributed by atoms with E-state index in [2.05, 4.69) is 4.74 Å². The van der Waals surface area contributed by atoms with Crippen molar-refractivity contribution in [3.63, 3.8) is 0 Å². The topological polar surface area (TPSA) is 52.6 Å². The molecule has 0 bridgehead atoms.